The molecular weight excluding hydrogens is 561 g/mol. The van der Waals surface area contributed by atoms with Gasteiger partial charge in [-0.05, 0) is 81.8 Å². The Morgan fingerprint density at radius 1 is 0.841 bits per heavy atom. The third-order valence-corrected chi connectivity index (χ3v) is 7.27. The molecule has 0 radical (unpaired) electrons. The maximum Gasteiger partial charge on any atom is 0.336 e. The predicted molar refractivity (Wildman–Crippen MR) is 164 cm³/mol. The number of carbonyl (C=O) groups excluding carboxylic acids is 2. The van der Waals surface area contributed by atoms with Crippen molar-refractivity contribution in [2.45, 2.75) is 40.2 Å². The van der Waals surface area contributed by atoms with Crippen LogP contribution in [0.25, 0.3) is 16.9 Å². The molecule has 0 atom stereocenters. The maximum absolute atomic E-state index is 13.4. The third kappa shape index (κ3) is 6.41. The zero-order chi connectivity index (χ0) is 31.2. The van der Waals surface area contributed by atoms with Crippen molar-refractivity contribution < 1.29 is 28.2 Å². The largest absolute Gasteiger partial charge is 0.489 e. The summed E-state index contributed by atoms with van der Waals surface area (Å²) in [6.45, 7) is 7.70. The van der Waals surface area contributed by atoms with Gasteiger partial charge in [0.1, 0.15) is 18.2 Å². The Morgan fingerprint density at radius 3 is 2.00 bits per heavy atom. The van der Waals surface area contributed by atoms with E-state index in [1.54, 1.807) is 44.5 Å². The molecule has 2 heterocycles. The molecule has 3 aromatic carbocycles. The smallest absolute Gasteiger partial charge is 0.336 e. The maximum atomic E-state index is 13.4. The van der Waals surface area contributed by atoms with E-state index in [1.807, 2.05) is 60.8 Å². The standard InChI is InChI=1S/C35H34FN3O5/c1-5-42-34(40)30-22(3)37-23(4)31(35(41)43-6-2)32(30)29-20-39(27-10-8-7-9-11-27)38-33(29)25-14-18-28(19-15-25)44-21-24-12-16-26(36)17-13-24/h7-20,32,37H,5-6,21H2,1-4H3. The average molecular weight is 596 g/mol. The number of halogens is 1. The fourth-order valence-electron chi connectivity index (χ4n) is 5.26. The highest BCUT2D eigenvalue weighted by molar-refractivity contribution is 6.00. The average Bonchev–Trinajstić information content (AvgIpc) is 3.46. The molecule has 44 heavy (non-hydrogen) atoms. The van der Waals surface area contributed by atoms with Crippen molar-refractivity contribution in [1.82, 2.24) is 15.1 Å². The first-order valence-corrected chi connectivity index (χ1v) is 14.5. The minimum atomic E-state index is -0.809. The van der Waals surface area contributed by atoms with E-state index in [2.05, 4.69) is 5.32 Å². The van der Waals surface area contributed by atoms with Crippen molar-refractivity contribution >= 4 is 11.9 Å². The molecule has 0 unspecified atom stereocenters. The van der Waals surface area contributed by atoms with Gasteiger partial charge in [0.15, 0.2) is 0 Å². The third-order valence-electron chi connectivity index (χ3n) is 7.27. The minimum Gasteiger partial charge on any atom is -0.489 e. The molecular formula is C35H34FN3O5. The number of aromatic nitrogens is 2. The molecule has 8 nitrogen and oxygen atoms in total. The van der Waals surface area contributed by atoms with E-state index >= 15 is 0 Å². The molecule has 5 rings (SSSR count). The normalized spacial score (nSPS) is 13.5. The molecule has 226 valence electrons. The molecule has 4 aromatic rings. The van der Waals surface area contributed by atoms with Crippen molar-refractivity contribution in [2.75, 3.05) is 13.2 Å². The van der Waals surface area contributed by atoms with Crippen LogP contribution in [0.4, 0.5) is 4.39 Å². The van der Waals surface area contributed by atoms with Gasteiger partial charge in [-0.1, -0.05) is 30.3 Å². The molecule has 9 heteroatoms. The lowest BCUT2D eigenvalue weighted by Gasteiger charge is -2.30. The van der Waals surface area contributed by atoms with Gasteiger partial charge >= 0.3 is 11.9 Å². The van der Waals surface area contributed by atoms with Crippen LogP contribution < -0.4 is 10.1 Å². The van der Waals surface area contributed by atoms with Gasteiger partial charge in [0.25, 0.3) is 0 Å². The second kappa shape index (κ2) is 13.4. The Morgan fingerprint density at radius 2 is 1.43 bits per heavy atom. The lowest BCUT2D eigenvalue weighted by atomic mass is 9.79. The fraction of sp³-hybridized carbons (Fsp3) is 0.229. The van der Waals surface area contributed by atoms with Crippen LogP contribution in [-0.4, -0.2) is 34.9 Å². The summed E-state index contributed by atoms with van der Waals surface area (Å²) in [5.74, 6) is -1.55. The first-order valence-electron chi connectivity index (χ1n) is 14.5. The molecule has 0 aliphatic carbocycles. The summed E-state index contributed by atoms with van der Waals surface area (Å²) in [5, 5.41) is 8.14. The molecule has 0 spiro atoms. The minimum absolute atomic E-state index is 0.176. The van der Waals surface area contributed by atoms with Gasteiger partial charge in [-0.15, -0.1) is 0 Å². The summed E-state index contributed by atoms with van der Waals surface area (Å²) in [6.07, 6.45) is 1.85. The Bertz CT molecular complexity index is 1670. The molecule has 0 saturated heterocycles. The van der Waals surface area contributed by atoms with E-state index in [0.29, 0.717) is 39.5 Å². The summed E-state index contributed by atoms with van der Waals surface area (Å²) >= 11 is 0. The van der Waals surface area contributed by atoms with Crippen LogP contribution in [0.2, 0.25) is 0 Å². The van der Waals surface area contributed by atoms with Gasteiger partial charge in [0.2, 0.25) is 0 Å². The summed E-state index contributed by atoms with van der Waals surface area (Å²) in [5.41, 5.74) is 5.42. The Kier molecular flexibility index (Phi) is 9.23. The van der Waals surface area contributed by atoms with E-state index < -0.39 is 17.9 Å². The van der Waals surface area contributed by atoms with Gasteiger partial charge in [-0.3, -0.25) is 0 Å². The van der Waals surface area contributed by atoms with Gasteiger partial charge in [0.05, 0.1) is 41.7 Å². The van der Waals surface area contributed by atoms with Crippen LogP contribution in [0.5, 0.6) is 5.75 Å². The highest BCUT2D eigenvalue weighted by atomic mass is 19.1. The van der Waals surface area contributed by atoms with Crippen LogP contribution in [-0.2, 0) is 25.7 Å². The second-order valence-corrected chi connectivity index (χ2v) is 10.2. The summed E-state index contributed by atoms with van der Waals surface area (Å²) in [4.78, 5) is 26.9. The number of benzene rings is 3. The Hall–Kier alpha value is -5.18. The molecule has 0 bridgehead atoms. The van der Waals surface area contributed by atoms with Gasteiger partial charge in [-0.25, -0.2) is 18.7 Å². The van der Waals surface area contributed by atoms with Crippen molar-refractivity contribution in [1.29, 1.82) is 0 Å². The van der Waals surface area contributed by atoms with Crippen LogP contribution in [0.3, 0.4) is 0 Å². The molecule has 1 aliphatic heterocycles. The lowest BCUT2D eigenvalue weighted by Crippen LogP contribution is -2.32. The number of dihydropyridines is 1. The summed E-state index contributed by atoms with van der Waals surface area (Å²) in [7, 11) is 0. The SMILES string of the molecule is CCOC(=O)C1=C(C)NC(C)=C(C(=O)OCC)C1c1cn(-c2ccccc2)nc1-c1ccc(OCc2ccc(F)cc2)cc1. The summed E-state index contributed by atoms with van der Waals surface area (Å²) < 4.78 is 31.9. The van der Waals surface area contributed by atoms with Crippen molar-refractivity contribution in [3.05, 3.63) is 125 Å². The van der Waals surface area contributed by atoms with Crippen molar-refractivity contribution in [3.63, 3.8) is 0 Å². The second-order valence-electron chi connectivity index (χ2n) is 10.2. The molecule has 0 amide bonds. The van der Waals surface area contributed by atoms with Crippen LogP contribution in [0, 0.1) is 5.82 Å². The zero-order valence-corrected chi connectivity index (χ0v) is 25.1. The Balaban J connectivity index is 1.61. The molecule has 0 saturated carbocycles. The Labute approximate surface area is 255 Å². The van der Waals surface area contributed by atoms with Gasteiger partial charge in [-0.2, -0.15) is 5.10 Å². The van der Waals surface area contributed by atoms with Crippen molar-refractivity contribution in [2.24, 2.45) is 0 Å². The van der Waals surface area contributed by atoms with E-state index in [0.717, 1.165) is 16.8 Å². The number of carbonyl (C=O) groups is 2. The monoisotopic (exact) mass is 595 g/mol. The van der Waals surface area contributed by atoms with E-state index in [1.165, 1.54) is 12.1 Å². The summed E-state index contributed by atoms with van der Waals surface area (Å²) in [6, 6.07) is 23.2. The number of ether oxygens (including phenoxy) is 3. The topological polar surface area (TPSA) is 91.7 Å². The number of nitrogens with one attached hydrogen (secondary N) is 1. The number of hydrogen-bond acceptors (Lipinski definition) is 7. The number of allylic oxidation sites excluding steroid dienone is 2. The fourth-order valence-corrected chi connectivity index (χ4v) is 5.26. The molecule has 1 N–H and O–H groups in total. The number of para-hydroxylation sites is 1. The highest BCUT2D eigenvalue weighted by Gasteiger charge is 2.40. The first-order chi connectivity index (χ1) is 21.3. The van der Waals surface area contributed by atoms with E-state index in [-0.39, 0.29) is 25.6 Å². The number of rotatable bonds is 10. The van der Waals surface area contributed by atoms with Crippen LogP contribution in [0.15, 0.2) is 108 Å². The highest BCUT2D eigenvalue weighted by Crippen LogP contribution is 2.43. The van der Waals surface area contributed by atoms with Gasteiger partial charge in [0, 0.05) is 28.7 Å². The van der Waals surface area contributed by atoms with E-state index in [9.17, 15) is 14.0 Å². The zero-order valence-electron chi connectivity index (χ0n) is 25.1. The molecule has 1 aliphatic rings. The van der Waals surface area contributed by atoms with E-state index in [4.69, 9.17) is 19.3 Å². The van der Waals surface area contributed by atoms with Crippen molar-refractivity contribution in [3.8, 4) is 22.7 Å². The van der Waals surface area contributed by atoms with Crippen LogP contribution >= 0.6 is 0 Å². The molecule has 0 fully saturated rings. The first kappa shape index (κ1) is 30.3. The van der Waals surface area contributed by atoms with Crippen LogP contribution in [0.1, 0.15) is 44.7 Å². The molecule has 1 aromatic heterocycles. The quantitative estimate of drug-likeness (QED) is 0.206. The van der Waals surface area contributed by atoms with Gasteiger partial charge < -0.3 is 19.5 Å². The predicted octanol–water partition coefficient (Wildman–Crippen LogP) is 6.62. The lowest BCUT2D eigenvalue weighted by molar-refractivity contribution is -0.139. The number of nitrogens with zero attached hydrogens (tertiary/aromatic N) is 2. The number of esters is 2. The number of hydrogen-bond donors (Lipinski definition) is 1.